The number of nitrogens with two attached hydrogens (primary N) is 5. The van der Waals surface area contributed by atoms with Gasteiger partial charge in [-0.15, -0.1) is 0 Å². The third-order valence-corrected chi connectivity index (χ3v) is 18.3. The molecule has 37 heteroatoms. The minimum absolute atomic E-state index is 0.0121. The summed E-state index contributed by atoms with van der Waals surface area (Å²) in [4.78, 5) is 189. The first kappa shape index (κ1) is 88.8. The van der Waals surface area contributed by atoms with Gasteiger partial charge < -0.3 is 107 Å². The summed E-state index contributed by atoms with van der Waals surface area (Å²) in [7, 11) is 1.52. The van der Waals surface area contributed by atoms with Crippen molar-refractivity contribution in [1.82, 2.24) is 78.6 Å². The smallest absolute Gasteiger partial charge is 0.435 e. The number of ether oxygens (including phenoxy) is 1. The van der Waals surface area contributed by atoms with Crippen LogP contribution in [0.2, 0.25) is 0 Å². The van der Waals surface area contributed by atoms with Crippen molar-refractivity contribution in [1.29, 1.82) is 0 Å². The average molecular weight is 1560 g/mol. The zero-order chi connectivity index (χ0) is 81.3. The maximum atomic E-state index is 14.7. The summed E-state index contributed by atoms with van der Waals surface area (Å²) in [5.74, 6) is -11.5. The molecule has 24 N–H and O–H groups in total. The van der Waals surface area contributed by atoms with E-state index in [0.717, 1.165) is 30.8 Å². The number of aromatic nitrogens is 3. The highest BCUT2D eigenvalue weighted by molar-refractivity contribution is 7.99. The summed E-state index contributed by atoms with van der Waals surface area (Å²) in [6, 6.07) is 10.1. The molecule has 1 aliphatic heterocycles. The van der Waals surface area contributed by atoms with Crippen LogP contribution < -0.4 is 92.5 Å². The number of aliphatic hydroxyl groups excluding tert-OH is 2. The van der Waals surface area contributed by atoms with Gasteiger partial charge in [0, 0.05) is 41.0 Å². The Hall–Kier alpha value is -11.1. The third kappa shape index (κ3) is 27.5. The number of amides is 12. The van der Waals surface area contributed by atoms with Crippen molar-refractivity contribution >= 4 is 112 Å². The van der Waals surface area contributed by atoms with Crippen molar-refractivity contribution in [3.63, 3.8) is 0 Å². The van der Waals surface area contributed by atoms with Crippen LogP contribution in [0.4, 0.5) is 4.79 Å². The molecule has 3 heterocycles. The van der Waals surface area contributed by atoms with Crippen molar-refractivity contribution < 1.29 is 77.3 Å². The summed E-state index contributed by atoms with van der Waals surface area (Å²) in [5, 5.41) is 57.2. The standard InChI is InChI=1S/C74H102N20O16S/c1-41(2)38-56-70(105)86-52(25-32-77)65(100)85-54(27-34-79)69(104)91-61(42(3)95)72(107)82-36-28-55(67(102)84-53(26-33-78)66(101)90-57(71(106)89-56)39-44-14-7-6-8-15-44)87-64(99)50(18-13-30-75)88-73(108)62(43(4)96)92-68(103)51(24-31-76)83-60(97)29-37-110-74(109)94-58-40-46(111-59-19-10-9-17-48(59)63(98)80-5)21-22-47(58)49(93-94)23-20-45-16-11-12-35-81-45/h6-12,14-17,19-23,28,35-36,40-43,50-57,61-62,95-96H,13,18,24-27,29-34,37-39,75-79H2,1-5H3,(H,80,98)(H,82,107)(H,83,97)(H,84,102)(H,85,100)(H,86,105)(H,87,99)(H,88,108)(H,89,106)(H,90,101)(H,91,104)(H,92,103)/b23-20+,36-28+/t42-,43-,50-,51+,52-,53-,54-,55+,56-,57-,61+,62-/m0/s1. The third-order valence-electron chi connectivity index (χ3n) is 17.3. The molecule has 0 aliphatic carbocycles. The number of nitrogens with one attached hydrogen (secondary N) is 12. The maximum Gasteiger partial charge on any atom is 0.435 e. The van der Waals surface area contributed by atoms with Gasteiger partial charge in [0.2, 0.25) is 65.0 Å². The van der Waals surface area contributed by atoms with Gasteiger partial charge in [-0.25, -0.2) is 4.79 Å². The molecule has 0 fully saturated rings. The molecular weight excluding hydrogens is 1460 g/mol. The Labute approximate surface area is 645 Å². The number of carbonyl (C=O) groups excluding carboxylic acids is 13. The highest BCUT2D eigenvalue weighted by Crippen LogP contribution is 2.34. The van der Waals surface area contributed by atoms with Crippen LogP contribution in [0.25, 0.3) is 23.1 Å². The van der Waals surface area contributed by atoms with E-state index in [9.17, 15) is 72.5 Å². The van der Waals surface area contributed by atoms with Gasteiger partial charge in [0.25, 0.3) is 5.91 Å². The Bertz CT molecular complexity index is 4090. The first-order valence-electron chi connectivity index (χ1n) is 36.3. The predicted octanol–water partition coefficient (Wildman–Crippen LogP) is -2.84. The average Bonchev–Trinajstić information content (AvgIpc) is 1.64. The highest BCUT2D eigenvalue weighted by Gasteiger charge is 2.38. The lowest BCUT2D eigenvalue weighted by molar-refractivity contribution is -0.136. The number of fused-ring (bicyclic) bond motifs is 1. The van der Waals surface area contributed by atoms with Gasteiger partial charge in [-0.1, -0.05) is 74.1 Å². The molecule has 0 spiro atoms. The molecule has 0 saturated heterocycles. The van der Waals surface area contributed by atoms with Crippen LogP contribution in [-0.4, -0.2) is 221 Å². The molecule has 12 atom stereocenters. The number of nitrogens with zero attached hydrogens (tertiary/aromatic N) is 3. The first-order valence-corrected chi connectivity index (χ1v) is 37.1. The van der Waals surface area contributed by atoms with Gasteiger partial charge in [0.15, 0.2) is 0 Å². The fraction of sp³-hybridized carbons (Fsp3) is 0.446. The minimum atomic E-state index is -1.92. The van der Waals surface area contributed by atoms with Crippen molar-refractivity contribution in [3.05, 3.63) is 132 Å². The first-order chi connectivity index (χ1) is 53.1. The maximum absolute atomic E-state index is 14.7. The molecule has 0 radical (unpaired) electrons. The van der Waals surface area contributed by atoms with E-state index in [0.29, 0.717) is 43.2 Å². The number of rotatable bonds is 32. The van der Waals surface area contributed by atoms with Gasteiger partial charge in [0.1, 0.15) is 67.0 Å². The predicted molar refractivity (Wildman–Crippen MR) is 411 cm³/mol. The monoisotopic (exact) mass is 1560 g/mol. The normalized spacial score (nSPS) is 20.1. The summed E-state index contributed by atoms with van der Waals surface area (Å²) in [6.07, 6.45) is 0.680. The van der Waals surface area contributed by atoms with E-state index in [1.54, 1.807) is 123 Å². The Morgan fingerprint density at radius 2 is 1.22 bits per heavy atom. The molecule has 600 valence electrons. The topological polar surface area (TPSA) is 577 Å². The zero-order valence-corrected chi connectivity index (χ0v) is 63.2. The minimum Gasteiger partial charge on any atom is -0.447 e. The lowest BCUT2D eigenvalue weighted by atomic mass is 10.00. The molecule has 5 aromatic rings. The van der Waals surface area contributed by atoms with Gasteiger partial charge in [-0.3, -0.25) is 62.5 Å². The molecule has 0 bridgehead atoms. The molecule has 0 unspecified atom stereocenters. The number of pyridine rings is 1. The van der Waals surface area contributed by atoms with E-state index >= 15 is 0 Å². The van der Waals surface area contributed by atoms with Gasteiger partial charge in [-0.2, -0.15) is 9.78 Å². The number of benzene rings is 3. The summed E-state index contributed by atoms with van der Waals surface area (Å²) in [5.41, 5.74) is 31.8. The Kier molecular flexibility index (Phi) is 36.2. The van der Waals surface area contributed by atoms with Crippen LogP contribution in [0.5, 0.6) is 0 Å². The molecule has 2 aromatic heterocycles. The van der Waals surface area contributed by atoms with E-state index in [4.69, 9.17) is 33.4 Å². The zero-order valence-electron chi connectivity index (χ0n) is 62.4. The van der Waals surface area contributed by atoms with Crippen LogP contribution in [0.3, 0.4) is 0 Å². The Morgan fingerprint density at radius 3 is 1.82 bits per heavy atom. The summed E-state index contributed by atoms with van der Waals surface area (Å²) in [6.45, 7) is 4.49. The second kappa shape index (κ2) is 45.2. The lowest BCUT2D eigenvalue weighted by Crippen LogP contribution is -2.61. The molecular formula is C74H102N20O16S. The van der Waals surface area contributed by atoms with Crippen LogP contribution in [-0.2, 0) is 63.9 Å². The van der Waals surface area contributed by atoms with Crippen LogP contribution >= 0.6 is 11.8 Å². The lowest BCUT2D eigenvalue weighted by Gasteiger charge is -2.28. The van der Waals surface area contributed by atoms with Gasteiger partial charge in [-0.05, 0) is 164 Å². The molecule has 6 rings (SSSR count). The van der Waals surface area contributed by atoms with E-state index in [2.05, 4.69) is 73.9 Å². The van der Waals surface area contributed by atoms with Crippen molar-refractivity contribution in [2.75, 3.05) is 46.4 Å². The largest absolute Gasteiger partial charge is 0.447 e. The fourth-order valence-corrected chi connectivity index (χ4v) is 12.4. The highest BCUT2D eigenvalue weighted by atomic mass is 32.2. The molecule has 36 nitrogen and oxygen atoms in total. The summed E-state index contributed by atoms with van der Waals surface area (Å²) < 4.78 is 6.59. The molecule has 12 amide bonds. The second-order valence-corrected chi connectivity index (χ2v) is 27.6. The molecule has 3 aromatic carbocycles. The fourth-order valence-electron chi connectivity index (χ4n) is 11.4. The van der Waals surface area contributed by atoms with Gasteiger partial charge >= 0.3 is 6.09 Å². The number of hydrogen-bond donors (Lipinski definition) is 19. The molecule has 0 saturated carbocycles. The van der Waals surface area contributed by atoms with E-state index in [1.807, 2.05) is 0 Å². The second-order valence-electron chi connectivity index (χ2n) is 26.5. The SMILES string of the molecule is CNC(=O)c1ccccc1Sc1ccc2c(/C=C/c3ccccn3)nn(C(=O)OCCC(=O)N[C@H](CCN)C(=O)N[C@H](C(=O)N[C@@H](CCCN)C(=O)N[C@@H]3/C=C/NC(=O)[C@@H]([C@H](C)O)NC(=O)[C@H](CCN)NC(=O)[C@H](CCN)NC(=O)[C@H](CC(C)C)NC(=O)[C@H](Cc4ccccc4)NC(=O)[C@H](CCN)NC3=O)[C@H](C)O)c2c1. The van der Waals surface area contributed by atoms with Crippen LogP contribution in [0.15, 0.2) is 119 Å². The number of aliphatic hydroxyl groups is 2. The number of hydrogen-bond acceptors (Lipinski definition) is 24. The van der Waals surface area contributed by atoms with E-state index < -0.39 is 157 Å². The van der Waals surface area contributed by atoms with Crippen molar-refractivity contribution in [3.8, 4) is 0 Å². The van der Waals surface area contributed by atoms with Gasteiger partial charge in [0.05, 0.1) is 41.1 Å². The quantitative estimate of drug-likeness (QED) is 0.0206. The van der Waals surface area contributed by atoms with E-state index in [-0.39, 0.29) is 95.9 Å². The Balaban J connectivity index is 1.23. The molecule has 1 aliphatic rings. The Morgan fingerprint density at radius 1 is 0.622 bits per heavy atom. The van der Waals surface area contributed by atoms with Crippen molar-refractivity contribution in [2.45, 2.75) is 168 Å². The van der Waals surface area contributed by atoms with E-state index in [1.165, 1.54) is 18.8 Å². The van der Waals surface area contributed by atoms with Crippen LogP contribution in [0.1, 0.15) is 106 Å². The summed E-state index contributed by atoms with van der Waals surface area (Å²) >= 11 is 1.27. The molecule has 111 heavy (non-hydrogen) atoms. The number of carbonyl (C=O) groups is 13. The van der Waals surface area contributed by atoms with Crippen LogP contribution in [0, 0.1) is 5.92 Å². The van der Waals surface area contributed by atoms with Crippen molar-refractivity contribution in [2.24, 2.45) is 34.6 Å².